The van der Waals surface area contributed by atoms with Crippen LogP contribution in [0.5, 0.6) is 0 Å². The van der Waals surface area contributed by atoms with Crippen molar-refractivity contribution in [3.63, 3.8) is 0 Å². The Bertz CT molecular complexity index is 469. The van der Waals surface area contributed by atoms with Crippen molar-refractivity contribution in [2.24, 2.45) is 0 Å². The zero-order valence-corrected chi connectivity index (χ0v) is 10.6. The highest BCUT2D eigenvalue weighted by Crippen LogP contribution is 2.26. The number of aromatic amines is 1. The standard InChI is InChI=1S/C9H13N3O9/c10-3-6(13)20-21-9(18,19)7(14,8(15,16)17)4-12-2-1-11-5-12/h1-2,5,14-16,18H,3-4,10H2/q-2/p+2. The Morgan fingerprint density at radius 1 is 1.33 bits per heavy atom. The van der Waals surface area contributed by atoms with E-state index in [0.29, 0.717) is 0 Å². The van der Waals surface area contributed by atoms with Crippen LogP contribution in [0.4, 0.5) is 0 Å². The van der Waals surface area contributed by atoms with Gasteiger partial charge in [0.25, 0.3) is 0 Å². The van der Waals surface area contributed by atoms with E-state index in [1.54, 1.807) is 0 Å². The molecule has 21 heavy (non-hydrogen) atoms. The van der Waals surface area contributed by atoms with Gasteiger partial charge in [0.05, 0.1) is 0 Å². The van der Waals surface area contributed by atoms with E-state index in [4.69, 9.17) is 10.2 Å². The minimum absolute atomic E-state index is 0.484. The molecule has 1 aromatic heterocycles. The lowest BCUT2D eigenvalue weighted by atomic mass is 9.97. The summed E-state index contributed by atoms with van der Waals surface area (Å²) in [5.74, 6) is -9.70. The first kappa shape index (κ1) is 17.4. The van der Waals surface area contributed by atoms with Crippen LogP contribution in [0.1, 0.15) is 0 Å². The number of H-pyrrole nitrogens is 1. The van der Waals surface area contributed by atoms with Crippen LogP contribution in [-0.4, -0.2) is 55.5 Å². The van der Waals surface area contributed by atoms with Gasteiger partial charge >= 0.3 is 5.97 Å². The minimum atomic E-state index is -4.33. The summed E-state index contributed by atoms with van der Waals surface area (Å²) in [5, 5.41) is 60.4. The number of hydrogen-bond acceptors (Lipinski definition) is 9. The summed E-state index contributed by atoms with van der Waals surface area (Å²) < 4.78 is 0.939. The lowest BCUT2D eigenvalue weighted by Crippen LogP contribution is -2.81. The van der Waals surface area contributed by atoms with E-state index in [1.165, 1.54) is 12.4 Å². The number of imidazole rings is 1. The van der Waals surface area contributed by atoms with Crippen LogP contribution in [0, 0.1) is 0 Å². The van der Waals surface area contributed by atoms with Crippen LogP contribution in [0.15, 0.2) is 18.7 Å². The highest BCUT2D eigenvalue weighted by molar-refractivity contribution is 5.69. The van der Waals surface area contributed by atoms with Crippen molar-refractivity contribution in [2.45, 2.75) is 24.1 Å². The number of carbonyl (C=O) groups is 1. The van der Waals surface area contributed by atoms with Crippen LogP contribution < -0.4 is 20.5 Å². The normalized spacial score (nSPS) is 17.9. The fraction of sp³-hybridized carbons (Fsp3) is 0.556. The number of rotatable bonds is 7. The Balaban J connectivity index is 3.02. The van der Waals surface area contributed by atoms with Gasteiger partial charge in [0.2, 0.25) is 6.33 Å². The second-order valence-electron chi connectivity index (χ2n) is 4.12. The van der Waals surface area contributed by atoms with E-state index in [1.807, 2.05) is 0 Å². The zero-order valence-electron chi connectivity index (χ0n) is 10.6. The summed E-state index contributed by atoms with van der Waals surface area (Å²) in [7, 11) is 0. The molecule has 1 heterocycles. The van der Waals surface area contributed by atoms with Gasteiger partial charge in [-0.2, -0.15) is 4.89 Å². The largest absolute Gasteiger partial charge is 0.805 e. The molecule has 0 radical (unpaired) electrons. The third-order valence-electron chi connectivity index (χ3n) is 2.53. The van der Waals surface area contributed by atoms with Gasteiger partial charge in [-0.25, -0.2) is 9.36 Å². The second-order valence-corrected chi connectivity index (χ2v) is 4.12. The van der Waals surface area contributed by atoms with Crippen LogP contribution in [0.3, 0.4) is 0 Å². The SMILES string of the molecule is [NH3+]CC(=O)OOC([O-])(O)C(O)(C[n+]1cc[nH]c1)C([O-])(O)O. The second kappa shape index (κ2) is 6.00. The Morgan fingerprint density at radius 2 is 1.95 bits per heavy atom. The summed E-state index contributed by atoms with van der Waals surface area (Å²) in [6, 6.07) is 0. The van der Waals surface area contributed by atoms with Gasteiger partial charge < -0.3 is 36.4 Å². The first-order valence-corrected chi connectivity index (χ1v) is 5.53. The highest BCUT2D eigenvalue weighted by atomic mass is 17.3. The molecule has 8 N–H and O–H groups in total. The highest BCUT2D eigenvalue weighted by Gasteiger charge is 2.54. The van der Waals surface area contributed by atoms with E-state index in [0.717, 1.165) is 10.9 Å². The Hall–Kier alpha value is -1.64. The molecule has 12 heteroatoms. The predicted molar refractivity (Wildman–Crippen MR) is 53.0 cm³/mol. The van der Waals surface area contributed by atoms with E-state index >= 15 is 0 Å². The molecule has 120 valence electrons. The van der Waals surface area contributed by atoms with Gasteiger partial charge in [0.1, 0.15) is 24.9 Å². The third kappa shape index (κ3) is 3.72. The lowest BCUT2D eigenvalue weighted by molar-refractivity contribution is -0.801. The molecule has 1 rings (SSSR count). The smallest absolute Gasteiger partial charge is 0.395 e. The Labute approximate surface area is 117 Å². The third-order valence-corrected chi connectivity index (χ3v) is 2.53. The number of nitrogens with one attached hydrogen (secondary N) is 1. The Kier molecular flexibility index (Phi) is 4.98. The quantitative estimate of drug-likeness (QED) is 0.122. The number of hydrogen-bond donors (Lipinski definition) is 6. The molecular formula is C9H15N3O9. The molecule has 0 aliphatic rings. The monoisotopic (exact) mass is 309 g/mol. The molecule has 0 saturated heterocycles. The molecule has 0 saturated carbocycles. The average Bonchev–Trinajstić information content (AvgIpc) is 2.87. The van der Waals surface area contributed by atoms with Crippen LogP contribution >= 0.6 is 0 Å². The number of carbonyl (C=O) groups excluding carboxylic acids is 1. The van der Waals surface area contributed by atoms with Crippen LogP contribution in [0.2, 0.25) is 0 Å². The molecule has 0 aliphatic carbocycles. The molecule has 0 amide bonds. The van der Waals surface area contributed by atoms with Crippen LogP contribution in [0.25, 0.3) is 0 Å². The summed E-state index contributed by atoms with van der Waals surface area (Å²) in [6.07, 6.45) is 3.65. The van der Waals surface area contributed by atoms with Gasteiger partial charge in [-0.05, 0) is 0 Å². The maximum Gasteiger partial charge on any atom is 0.395 e. The first-order chi connectivity index (χ1) is 9.53. The molecule has 0 aliphatic heterocycles. The van der Waals surface area contributed by atoms with Crippen LogP contribution in [-0.2, 0) is 21.1 Å². The number of quaternary nitrogens is 1. The average molecular weight is 309 g/mol. The number of aliphatic hydroxyl groups is 4. The first-order valence-electron chi connectivity index (χ1n) is 5.53. The molecule has 12 nitrogen and oxygen atoms in total. The fourth-order valence-corrected chi connectivity index (χ4v) is 1.31. The van der Waals surface area contributed by atoms with E-state index in [9.17, 15) is 25.2 Å². The van der Waals surface area contributed by atoms with Gasteiger partial charge in [-0.3, -0.25) is 9.87 Å². The van der Waals surface area contributed by atoms with Crippen molar-refractivity contribution in [1.29, 1.82) is 0 Å². The van der Waals surface area contributed by atoms with Crippen molar-refractivity contribution >= 4 is 5.97 Å². The summed E-state index contributed by atoms with van der Waals surface area (Å²) >= 11 is 0. The van der Waals surface area contributed by atoms with Gasteiger partial charge in [0.15, 0.2) is 18.1 Å². The van der Waals surface area contributed by atoms with Crippen molar-refractivity contribution in [3.05, 3.63) is 18.7 Å². The lowest BCUT2D eigenvalue weighted by Gasteiger charge is -2.53. The molecule has 0 spiro atoms. The minimum Gasteiger partial charge on any atom is -0.805 e. The topological polar surface area (TPSA) is 210 Å². The van der Waals surface area contributed by atoms with Crippen molar-refractivity contribution in [3.8, 4) is 0 Å². The van der Waals surface area contributed by atoms with Crippen molar-refractivity contribution < 1.29 is 55.5 Å². The molecule has 0 aromatic carbocycles. The van der Waals surface area contributed by atoms with Crippen molar-refractivity contribution in [1.82, 2.24) is 4.98 Å². The molecule has 1 aromatic rings. The number of nitrogens with zero attached hydrogens (tertiary/aromatic N) is 1. The maximum absolute atomic E-state index is 11.8. The Morgan fingerprint density at radius 3 is 2.38 bits per heavy atom. The van der Waals surface area contributed by atoms with Gasteiger partial charge in [-0.1, -0.05) is 0 Å². The van der Waals surface area contributed by atoms with E-state index < -0.39 is 36.6 Å². The summed E-state index contributed by atoms with van der Waals surface area (Å²) in [5.41, 5.74) is -0.639. The van der Waals surface area contributed by atoms with E-state index in [2.05, 4.69) is 20.5 Å². The fourth-order valence-electron chi connectivity index (χ4n) is 1.31. The molecule has 0 bridgehead atoms. The number of aromatic nitrogens is 2. The molecule has 2 atom stereocenters. The summed E-state index contributed by atoms with van der Waals surface area (Å²) in [6.45, 7) is -1.57. The van der Waals surface area contributed by atoms with Gasteiger partial charge in [-0.15, -0.1) is 0 Å². The predicted octanol–water partition coefficient (Wildman–Crippen LogP) is -7.24. The van der Waals surface area contributed by atoms with E-state index in [-0.39, 0.29) is 0 Å². The summed E-state index contributed by atoms with van der Waals surface area (Å²) in [4.78, 5) is 20.8. The molecule has 0 fully saturated rings. The van der Waals surface area contributed by atoms with Crippen molar-refractivity contribution in [2.75, 3.05) is 6.54 Å². The van der Waals surface area contributed by atoms with Gasteiger partial charge in [0, 0.05) is 0 Å². The molecular weight excluding hydrogens is 294 g/mol. The zero-order chi connectivity index (χ0) is 16.3. The molecule has 2 unspecified atom stereocenters. The maximum atomic E-state index is 11.8.